The number of fused-ring (bicyclic) bond motifs is 1. The molecule has 8 heteroatoms. The Bertz CT molecular complexity index is 762. The molecule has 2 aromatic rings. The second-order valence-electron chi connectivity index (χ2n) is 4.61. The highest BCUT2D eigenvalue weighted by Crippen LogP contribution is 2.27. The molecule has 0 saturated carbocycles. The molecule has 1 aromatic heterocycles. The first-order valence-electron chi connectivity index (χ1n) is 6.08. The van der Waals surface area contributed by atoms with Crippen molar-refractivity contribution in [2.45, 2.75) is 18.9 Å². The number of rotatable bonds is 2. The minimum Gasteiger partial charge on any atom is -0.480 e. The van der Waals surface area contributed by atoms with Crippen LogP contribution in [0.2, 0.25) is 0 Å². The molecule has 2 heterocycles. The standard InChI is InChI=1S/C12H12N4O2S2/c17-10(18)9-3-1-6-5-7(2-4-8(6)13-9)16-11(19)14-15-12(16)20/h2,4-5,9,13H,1,3H2,(H,14,19)(H,15,20)(H,17,18). The minimum atomic E-state index is -0.824. The van der Waals surface area contributed by atoms with E-state index in [2.05, 4.69) is 15.5 Å². The van der Waals surface area contributed by atoms with Gasteiger partial charge >= 0.3 is 5.97 Å². The number of nitrogens with one attached hydrogen (secondary N) is 3. The van der Waals surface area contributed by atoms with Crippen molar-refractivity contribution in [1.82, 2.24) is 14.8 Å². The van der Waals surface area contributed by atoms with Gasteiger partial charge in [-0.25, -0.2) is 4.79 Å². The van der Waals surface area contributed by atoms with Crippen LogP contribution >= 0.6 is 24.4 Å². The summed E-state index contributed by atoms with van der Waals surface area (Å²) in [5.74, 6) is -0.824. The number of aromatic nitrogens is 3. The third-order valence-corrected chi connectivity index (χ3v) is 3.93. The van der Waals surface area contributed by atoms with Gasteiger partial charge in [-0.15, -0.1) is 0 Å². The summed E-state index contributed by atoms with van der Waals surface area (Å²) in [6, 6.07) is 5.19. The molecule has 0 bridgehead atoms. The number of aryl methyl sites for hydroxylation is 1. The third kappa shape index (κ3) is 2.16. The van der Waals surface area contributed by atoms with Gasteiger partial charge in [-0.1, -0.05) is 0 Å². The van der Waals surface area contributed by atoms with Crippen LogP contribution in [0.25, 0.3) is 5.69 Å². The van der Waals surface area contributed by atoms with E-state index < -0.39 is 12.0 Å². The van der Waals surface area contributed by atoms with Crippen LogP contribution in [0, 0.1) is 9.54 Å². The van der Waals surface area contributed by atoms with Gasteiger partial charge in [0, 0.05) is 5.69 Å². The van der Waals surface area contributed by atoms with E-state index in [1.54, 1.807) is 4.57 Å². The number of benzene rings is 1. The maximum Gasteiger partial charge on any atom is 0.326 e. The fourth-order valence-electron chi connectivity index (χ4n) is 2.36. The van der Waals surface area contributed by atoms with E-state index in [4.69, 9.17) is 29.5 Å². The van der Waals surface area contributed by atoms with Crippen molar-refractivity contribution in [1.29, 1.82) is 0 Å². The first-order chi connectivity index (χ1) is 9.56. The summed E-state index contributed by atoms with van der Waals surface area (Å²) in [6.45, 7) is 0. The monoisotopic (exact) mass is 308 g/mol. The molecular weight excluding hydrogens is 296 g/mol. The number of carboxylic acids is 1. The molecule has 0 amide bonds. The summed E-state index contributed by atoms with van der Waals surface area (Å²) in [5, 5.41) is 17.6. The normalized spacial score (nSPS) is 17.3. The minimum absolute atomic E-state index is 0.502. The Morgan fingerprint density at radius 1 is 1.30 bits per heavy atom. The average molecular weight is 308 g/mol. The predicted octanol–water partition coefficient (Wildman–Crippen LogP) is 2.40. The van der Waals surface area contributed by atoms with Crippen molar-refractivity contribution in [2.75, 3.05) is 5.32 Å². The molecule has 1 atom stereocenters. The van der Waals surface area contributed by atoms with Crippen molar-refractivity contribution in [3.8, 4) is 5.69 Å². The van der Waals surface area contributed by atoms with E-state index in [1.807, 2.05) is 18.2 Å². The van der Waals surface area contributed by atoms with Crippen LogP contribution in [0.4, 0.5) is 5.69 Å². The highest BCUT2D eigenvalue weighted by Gasteiger charge is 2.23. The highest BCUT2D eigenvalue weighted by molar-refractivity contribution is 7.72. The lowest BCUT2D eigenvalue weighted by Crippen LogP contribution is -2.33. The second-order valence-corrected chi connectivity index (χ2v) is 5.38. The van der Waals surface area contributed by atoms with Crippen LogP contribution in [-0.4, -0.2) is 31.9 Å². The first-order valence-corrected chi connectivity index (χ1v) is 6.90. The van der Waals surface area contributed by atoms with Crippen LogP contribution in [0.15, 0.2) is 18.2 Å². The average Bonchev–Trinajstić information content (AvgIpc) is 2.77. The van der Waals surface area contributed by atoms with Crippen LogP contribution in [-0.2, 0) is 11.2 Å². The number of anilines is 1. The molecule has 0 saturated heterocycles. The van der Waals surface area contributed by atoms with Gasteiger partial charge in [0.1, 0.15) is 6.04 Å². The summed E-state index contributed by atoms with van der Waals surface area (Å²) in [6.07, 6.45) is 1.28. The molecule has 4 N–H and O–H groups in total. The largest absolute Gasteiger partial charge is 0.480 e. The lowest BCUT2D eigenvalue weighted by Gasteiger charge is -2.24. The Labute approximate surface area is 124 Å². The maximum atomic E-state index is 11.0. The van der Waals surface area contributed by atoms with E-state index in [9.17, 15) is 4.79 Å². The molecule has 1 unspecified atom stereocenters. The zero-order valence-corrected chi connectivity index (χ0v) is 12.0. The van der Waals surface area contributed by atoms with Crippen molar-refractivity contribution in [3.05, 3.63) is 33.3 Å². The molecule has 0 fully saturated rings. The number of carboxylic acid groups (broad SMARTS) is 1. The molecule has 1 aliphatic rings. The van der Waals surface area contributed by atoms with E-state index in [0.29, 0.717) is 22.4 Å². The number of nitrogens with zero attached hydrogens (tertiary/aromatic N) is 1. The Hall–Kier alpha value is -1.93. The molecule has 0 aliphatic carbocycles. The summed E-state index contributed by atoms with van der Waals surface area (Å²) in [4.78, 5) is 11.0. The molecule has 3 rings (SSSR count). The number of hydrogen-bond acceptors (Lipinski definition) is 4. The van der Waals surface area contributed by atoms with Crippen molar-refractivity contribution in [3.63, 3.8) is 0 Å². The molecule has 0 radical (unpaired) electrons. The van der Waals surface area contributed by atoms with E-state index >= 15 is 0 Å². The van der Waals surface area contributed by atoms with Gasteiger partial charge in [0.25, 0.3) is 0 Å². The molecule has 6 nitrogen and oxygen atoms in total. The Morgan fingerprint density at radius 2 is 2.00 bits per heavy atom. The molecule has 20 heavy (non-hydrogen) atoms. The topological polar surface area (TPSA) is 85.8 Å². The molecular formula is C12H12N4O2S2. The maximum absolute atomic E-state index is 11.0. The van der Waals surface area contributed by atoms with Crippen molar-refractivity contribution in [2.24, 2.45) is 0 Å². The number of aromatic amines is 2. The van der Waals surface area contributed by atoms with Crippen molar-refractivity contribution >= 4 is 36.1 Å². The quantitative estimate of drug-likeness (QED) is 0.640. The van der Waals surface area contributed by atoms with Gasteiger partial charge in [-0.2, -0.15) is 0 Å². The Morgan fingerprint density at radius 3 is 2.65 bits per heavy atom. The lowest BCUT2D eigenvalue weighted by atomic mass is 9.97. The fourth-order valence-corrected chi connectivity index (χ4v) is 2.91. The molecule has 104 valence electrons. The molecule has 1 aliphatic heterocycles. The summed E-state index contributed by atoms with van der Waals surface area (Å²) in [7, 11) is 0. The fraction of sp³-hybridized carbons (Fsp3) is 0.250. The molecule has 1 aromatic carbocycles. The number of aliphatic carboxylic acids is 1. The Balaban J connectivity index is 2.02. The van der Waals surface area contributed by atoms with Gasteiger partial charge in [-0.3, -0.25) is 14.8 Å². The van der Waals surface area contributed by atoms with E-state index in [0.717, 1.165) is 16.9 Å². The van der Waals surface area contributed by atoms with Crippen LogP contribution in [0.1, 0.15) is 12.0 Å². The van der Waals surface area contributed by atoms with Crippen LogP contribution < -0.4 is 5.32 Å². The van der Waals surface area contributed by atoms with E-state index in [1.165, 1.54) is 0 Å². The Kier molecular flexibility index (Phi) is 3.19. The predicted molar refractivity (Wildman–Crippen MR) is 79.5 cm³/mol. The summed E-state index contributed by atoms with van der Waals surface area (Å²) in [5.41, 5.74) is 2.79. The number of hydrogen-bond donors (Lipinski definition) is 4. The van der Waals surface area contributed by atoms with Gasteiger partial charge < -0.3 is 10.4 Å². The number of H-pyrrole nitrogens is 2. The van der Waals surface area contributed by atoms with Gasteiger partial charge in [0.2, 0.25) is 0 Å². The van der Waals surface area contributed by atoms with Gasteiger partial charge in [-0.05, 0) is 61.0 Å². The van der Waals surface area contributed by atoms with Crippen LogP contribution in [0.3, 0.4) is 0 Å². The summed E-state index contributed by atoms with van der Waals surface area (Å²) >= 11 is 10.4. The first kappa shape index (κ1) is 13.1. The van der Waals surface area contributed by atoms with E-state index in [-0.39, 0.29) is 0 Å². The third-order valence-electron chi connectivity index (χ3n) is 3.36. The number of carbonyl (C=O) groups is 1. The second kappa shape index (κ2) is 4.88. The smallest absolute Gasteiger partial charge is 0.326 e. The zero-order valence-electron chi connectivity index (χ0n) is 10.3. The highest BCUT2D eigenvalue weighted by atomic mass is 32.1. The SMILES string of the molecule is O=C(O)C1CCc2cc(-n3c(=S)[nH][nH]c3=S)ccc2N1. The van der Waals surface area contributed by atoms with Crippen molar-refractivity contribution < 1.29 is 9.90 Å². The summed E-state index contributed by atoms with van der Waals surface area (Å²) < 4.78 is 2.73. The van der Waals surface area contributed by atoms with Gasteiger partial charge in [0.15, 0.2) is 9.54 Å². The van der Waals surface area contributed by atoms with Crippen LogP contribution in [0.5, 0.6) is 0 Å². The lowest BCUT2D eigenvalue weighted by molar-refractivity contribution is -0.138. The zero-order chi connectivity index (χ0) is 14.3. The van der Waals surface area contributed by atoms with Gasteiger partial charge in [0.05, 0.1) is 5.69 Å². The molecule has 0 spiro atoms.